The Morgan fingerprint density at radius 1 is 1.44 bits per heavy atom. The molecule has 0 spiro atoms. The van der Waals surface area contributed by atoms with Gasteiger partial charge in [-0.05, 0) is 0 Å². The van der Waals surface area contributed by atoms with Crippen LogP contribution in [0.1, 0.15) is 12.5 Å². The third kappa shape index (κ3) is 2.81. The number of aromatic nitrogens is 2. The molecule has 0 fully saturated rings. The van der Waals surface area contributed by atoms with E-state index in [1.165, 1.54) is 22.7 Å². The Hall–Kier alpha value is -0.920. The van der Waals surface area contributed by atoms with Crippen LogP contribution in [0.4, 0.5) is 0 Å². The Morgan fingerprint density at radius 2 is 2.06 bits per heavy atom. The quantitative estimate of drug-likeness (QED) is 0.737. The van der Waals surface area contributed by atoms with Gasteiger partial charge < -0.3 is 0 Å². The summed E-state index contributed by atoms with van der Waals surface area (Å²) in [6.07, 6.45) is 3.49. The lowest BCUT2D eigenvalue weighted by Crippen LogP contribution is -2.39. The molecule has 0 aliphatic carbocycles. The molecule has 1 aromatic rings. The minimum Gasteiger partial charge on any atom is -0.275 e. The van der Waals surface area contributed by atoms with Gasteiger partial charge in [0.05, 0.1) is 6.20 Å². The molecule has 0 atom stereocenters. The van der Waals surface area contributed by atoms with Crippen molar-refractivity contribution < 1.29 is 8.42 Å². The molecule has 6 nitrogen and oxygen atoms in total. The van der Waals surface area contributed by atoms with Gasteiger partial charge in [-0.2, -0.15) is 22.1 Å². The first-order chi connectivity index (χ1) is 7.37. The molecule has 0 amide bonds. The Labute approximate surface area is 96.6 Å². The van der Waals surface area contributed by atoms with Crippen LogP contribution >= 0.6 is 0 Å². The molecule has 0 bridgehead atoms. The maximum absolute atomic E-state index is 11.9. The van der Waals surface area contributed by atoms with E-state index in [-0.39, 0.29) is 0 Å². The van der Waals surface area contributed by atoms with Gasteiger partial charge in [0, 0.05) is 46.0 Å². The highest BCUT2D eigenvalue weighted by atomic mass is 32.2. The van der Waals surface area contributed by atoms with E-state index in [4.69, 9.17) is 0 Å². The van der Waals surface area contributed by atoms with Crippen LogP contribution in [0.5, 0.6) is 0 Å². The zero-order valence-corrected chi connectivity index (χ0v) is 10.9. The van der Waals surface area contributed by atoms with Crippen molar-refractivity contribution in [3.8, 4) is 0 Å². The van der Waals surface area contributed by atoms with Gasteiger partial charge in [-0.25, -0.2) is 0 Å². The molecule has 7 heteroatoms. The van der Waals surface area contributed by atoms with Crippen molar-refractivity contribution in [1.82, 2.24) is 18.4 Å². The maximum atomic E-state index is 11.9. The first kappa shape index (κ1) is 13.1. The smallest absolute Gasteiger partial charge is 0.275 e. The van der Waals surface area contributed by atoms with Crippen LogP contribution in [0.25, 0.3) is 0 Å². The molecule has 0 N–H and O–H groups in total. The molecule has 92 valence electrons. The van der Waals surface area contributed by atoms with Crippen molar-refractivity contribution in [2.45, 2.75) is 13.5 Å². The fraction of sp³-hybridized carbons (Fsp3) is 0.667. The second-order valence-corrected chi connectivity index (χ2v) is 5.88. The predicted octanol–water partition coefficient (Wildman–Crippen LogP) is 0.0484. The van der Waals surface area contributed by atoms with E-state index >= 15 is 0 Å². The molecule has 1 aromatic heterocycles. The molecule has 0 aromatic carbocycles. The molecule has 16 heavy (non-hydrogen) atoms. The third-order valence-electron chi connectivity index (χ3n) is 2.26. The van der Waals surface area contributed by atoms with E-state index < -0.39 is 10.2 Å². The molecule has 0 radical (unpaired) electrons. The molecule has 1 heterocycles. The van der Waals surface area contributed by atoms with Crippen LogP contribution in [0, 0.1) is 0 Å². The average molecular weight is 246 g/mol. The SMILES string of the molecule is CCN(Cc1cnn(C)c1)S(=O)(=O)N(C)C. The van der Waals surface area contributed by atoms with Crippen LogP contribution in [0.2, 0.25) is 0 Å². The first-order valence-electron chi connectivity index (χ1n) is 5.03. The van der Waals surface area contributed by atoms with E-state index in [0.29, 0.717) is 13.1 Å². The lowest BCUT2D eigenvalue weighted by Gasteiger charge is -2.23. The second-order valence-electron chi connectivity index (χ2n) is 3.74. The highest BCUT2D eigenvalue weighted by Gasteiger charge is 2.23. The normalized spacial score (nSPS) is 12.6. The molecular formula is C9H18N4O2S. The Bertz CT molecular complexity index is 438. The zero-order chi connectivity index (χ0) is 12.3. The number of rotatable bonds is 5. The summed E-state index contributed by atoms with van der Waals surface area (Å²) in [6, 6.07) is 0. The predicted molar refractivity (Wildman–Crippen MR) is 61.9 cm³/mol. The van der Waals surface area contributed by atoms with E-state index in [9.17, 15) is 8.42 Å². The Balaban J connectivity index is 2.85. The van der Waals surface area contributed by atoms with Crippen LogP contribution < -0.4 is 0 Å². The number of hydrogen-bond donors (Lipinski definition) is 0. The second kappa shape index (κ2) is 4.94. The van der Waals surface area contributed by atoms with Gasteiger partial charge in [0.15, 0.2) is 0 Å². The van der Waals surface area contributed by atoms with Crippen LogP contribution in [-0.2, 0) is 23.8 Å². The first-order valence-corrected chi connectivity index (χ1v) is 6.42. The zero-order valence-electron chi connectivity index (χ0n) is 10.1. The summed E-state index contributed by atoms with van der Waals surface area (Å²) >= 11 is 0. The Morgan fingerprint density at radius 3 is 2.44 bits per heavy atom. The molecule has 0 unspecified atom stereocenters. The highest BCUT2D eigenvalue weighted by Crippen LogP contribution is 2.10. The summed E-state index contributed by atoms with van der Waals surface area (Å²) in [6.45, 7) is 2.61. The molecule has 0 aliphatic rings. The van der Waals surface area contributed by atoms with Gasteiger partial charge in [-0.3, -0.25) is 4.68 Å². The highest BCUT2D eigenvalue weighted by molar-refractivity contribution is 7.86. The minimum atomic E-state index is -3.35. The van der Waals surface area contributed by atoms with Gasteiger partial charge in [0.2, 0.25) is 0 Å². The standard InChI is InChI=1S/C9H18N4O2S/c1-5-13(16(14,15)11(2)3)8-9-6-10-12(4)7-9/h6-7H,5,8H2,1-4H3. The van der Waals surface area contributed by atoms with Crippen LogP contribution in [-0.4, -0.2) is 47.4 Å². The minimum absolute atomic E-state index is 0.352. The van der Waals surface area contributed by atoms with Crippen molar-refractivity contribution in [1.29, 1.82) is 0 Å². The molecule has 0 saturated heterocycles. The van der Waals surface area contributed by atoms with Gasteiger partial charge in [0.1, 0.15) is 0 Å². The van der Waals surface area contributed by atoms with Gasteiger partial charge in [-0.1, -0.05) is 6.92 Å². The van der Waals surface area contributed by atoms with E-state index in [1.807, 2.05) is 13.1 Å². The summed E-state index contributed by atoms with van der Waals surface area (Å²) in [5.41, 5.74) is 0.884. The topological polar surface area (TPSA) is 58.4 Å². The lowest BCUT2D eigenvalue weighted by molar-refractivity contribution is 0.382. The number of nitrogens with zero attached hydrogens (tertiary/aromatic N) is 4. The molecule has 1 rings (SSSR count). The fourth-order valence-corrected chi connectivity index (χ4v) is 2.45. The summed E-state index contributed by atoms with van der Waals surface area (Å²) in [5.74, 6) is 0. The van der Waals surface area contributed by atoms with Crippen molar-refractivity contribution in [3.63, 3.8) is 0 Å². The largest absolute Gasteiger partial charge is 0.281 e. The Kier molecular flexibility index (Phi) is 4.06. The summed E-state index contributed by atoms with van der Waals surface area (Å²) < 4.78 is 28.1. The van der Waals surface area contributed by atoms with E-state index in [1.54, 1.807) is 17.9 Å². The number of aryl methyl sites for hydroxylation is 1. The number of hydrogen-bond acceptors (Lipinski definition) is 3. The molecular weight excluding hydrogens is 228 g/mol. The van der Waals surface area contributed by atoms with Crippen molar-refractivity contribution in [3.05, 3.63) is 18.0 Å². The molecule has 0 aliphatic heterocycles. The lowest BCUT2D eigenvalue weighted by atomic mass is 10.3. The van der Waals surface area contributed by atoms with Crippen molar-refractivity contribution >= 4 is 10.2 Å². The average Bonchev–Trinajstić information content (AvgIpc) is 2.60. The van der Waals surface area contributed by atoms with Gasteiger partial charge >= 0.3 is 0 Å². The van der Waals surface area contributed by atoms with Gasteiger partial charge in [-0.15, -0.1) is 0 Å². The monoisotopic (exact) mass is 246 g/mol. The fourth-order valence-electron chi connectivity index (χ4n) is 1.34. The maximum Gasteiger partial charge on any atom is 0.281 e. The van der Waals surface area contributed by atoms with Crippen molar-refractivity contribution in [2.75, 3.05) is 20.6 Å². The van der Waals surface area contributed by atoms with Crippen LogP contribution in [0.3, 0.4) is 0 Å². The molecule has 0 saturated carbocycles. The summed E-state index contributed by atoms with van der Waals surface area (Å²) in [5, 5.41) is 4.01. The van der Waals surface area contributed by atoms with Gasteiger partial charge in [0.25, 0.3) is 10.2 Å². The van der Waals surface area contributed by atoms with Crippen LogP contribution in [0.15, 0.2) is 12.4 Å². The van der Waals surface area contributed by atoms with E-state index in [2.05, 4.69) is 5.10 Å². The van der Waals surface area contributed by atoms with Crippen molar-refractivity contribution in [2.24, 2.45) is 7.05 Å². The summed E-state index contributed by atoms with van der Waals surface area (Å²) in [7, 11) is 1.52. The van der Waals surface area contributed by atoms with E-state index in [0.717, 1.165) is 5.56 Å². The third-order valence-corrected chi connectivity index (χ3v) is 4.22. The summed E-state index contributed by atoms with van der Waals surface area (Å²) in [4.78, 5) is 0.